The largest absolute Gasteiger partial charge is 0.369 e. The molecule has 2 aromatic rings. The van der Waals surface area contributed by atoms with Gasteiger partial charge < -0.3 is 10.6 Å². The third-order valence-electron chi connectivity index (χ3n) is 4.28. The second kappa shape index (κ2) is 8.45. The molecule has 0 unspecified atom stereocenters. The first kappa shape index (κ1) is 19.2. The maximum atomic E-state index is 12.5. The number of amides is 1. The molecule has 1 fully saturated rings. The molecule has 8 nitrogen and oxygen atoms in total. The van der Waals surface area contributed by atoms with E-state index in [0.717, 1.165) is 25.8 Å². The quantitative estimate of drug-likeness (QED) is 0.753. The van der Waals surface area contributed by atoms with Crippen LogP contribution in [0.25, 0.3) is 0 Å². The third-order valence-corrected chi connectivity index (χ3v) is 6.19. The molecule has 0 spiro atoms. The van der Waals surface area contributed by atoms with E-state index in [1.807, 2.05) is 0 Å². The molecule has 144 valence electrons. The van der Waals surface area contributed by atoms with Gasteiger partial charge in [-0.3, -0.25) is 4.79 Å². The van der Waals surface area contributed by atoms with Gasteiger partial charge in [0.1, 0.15) is 5.82 Å². The molecular weight excluding hydrogens is 366 g/mol. The maximum Gasteiger partial charge on any atom is 0.256 e. The first-order chi connectivity index (χ1) is 13.0. The number of rotatable bonds is 7. The Morgan fingerprint density at radius 3 is 2.26 bits per heavy atom. The normalized spacial score (nSPS) is 14.9. The van der Waals surface area contributed by atoms with E-state index in [-0.39, 0.29) is 10.8 Å². The Kier molecular flexibility index (Phi) is 6.02. The van der Waals surface area contributed by atoms with E-state index in [9.17, 15) is 13.2 Å². The lowest BCUT2D eigenvalue weighted by Gasteiger charge is -2.15. The summed E-state index contributed by atoms with van der Waals surface area (Å²) in [5.41, 5.74) is 0.352. The fourth-order valence-corrected chi connectivity index (χ4v) is 4.31. The van der Waals surface area contributed by atoms with Crippen LogP contribution in [-0.4, -0.2) is 48.5 Å². The molecule has 0 bridgehead atoms. The molecule has 2 N–H and O–H groups in total. The van der Waals surface area contributed by atoms with Gasteiger partial charge in [-0.1, -0.05) is 6.92 Å². The van der Waals surface area contributed by atoms with E-state index in [1.54, 1.807) is 12.1 Å². The minimum atomic E-state index is -3.48. The molecule has 27 heavy (non-hydrogen) atoms. The fraction of sp³-hybridized carbons (Fsp3) is 0.389. The van der Waals surface area contributed by atoms with Gasteiger partial charge in [-0.25, -0.2) is 8.42 Å². The molecule has 1 aliphatic heterocycles. The maximum absolute atomic E-state index is 12.5. The van der Waals surface area contributed by atoms with Crippen LogP contribution >= 0.6 is 0 Å². The van der Waals surface area contributed by atoms with Gasteiger partial charge in [-0.15, -0.1) is 10.2 Å². The summed E-state index contributed by atoms with van der Waals surface area (Å²) < 4.78 is 26.5. The Balaban J connectivity index is 1.65. The van der Waals surface area contributed by atoms with Crippen LogP contribution in [0.4, 0.5) is 11.6 Å². The van der Waals surface area contributed by atoms with Gasteiger partial charge in [-0.2, -0.15) is 4.31 Å². The number of nitrogens with zero attached hydrogens (tertiary/aromatic N) is 3. The molecule has 9 heteroatoms. The van der Waals surface area contributed by atoms with Crippen LogP contribution in [0, 0.1) is 0 Å². The summed E-state index contributed by atoms with van der Waals surface area (Å²) in [7, 11) is -3.48. The van der Waals surface area contributed by atoms with Gasteiger partial charge >= 0.3 is 0 Å². The summed E-state index contributed by atoms with van der Waals surface area (Å²) >= 11 is 0. The van der Waals surface area contributed by atoms with Crippen molar-refractivity contribution in [1.29, 1.82) is 0 Å². The van der Waals surface area contributed by atoms with Crippen molar-refractivity contribution in [3.8, 4) is 0 Å². The van der Waals surface area contributed by atoms with Crippen molar-refractivity contribution in [3.63, 3.8) is 0 Å². The van der Waals surface area contributed by atoms with Crippen molar-refractivity contribution in [3.05, 3.63) is 42.0 Å². The number of sulfonamides is 1. The monoisotopic (exact) mass is 389 g/mol. The number of hydrogen-bond donors (Lipinski definition) is 2. The summed E-state index contributed by atoms with van der Waals surface area (Å²) in [6.07, 6.45) is 2.74. The lowest BCUT2D eigenvalue weighted by molar-refractivity contribution is 0.102. The average molecular weight is 389 g/mol. The summed E-state index contributed by atoms with van der Waals surface area (Å²) in [5, 5.41) is 13.7. The summed E-state index contributed by atoms with van der Waals surface area (Å²) in [5.74, 6) is 0.603. The number of carbonyl (C=O) groups is 1. The smallest absolute Gasteiger partial charge is 0.256 e. The molecule has 0 radical (unpaired) electrons. The molecule has 0 saturated carbocycles. The molecule has 3 rings (SSSR count). The van der Waals surface area contributed by atoms with Gasteiger partial charge in [0.2, 0.25) is 10.0 Å². The Morgan fingerprint density at radius 2 is 1.67 bits per heavy atom. The van der Waals surface area contributed by atoms with Gasteiger partial charge in [0.15, 0.2) is 5.82 Å². The predicted octanol–water partition coefficient (Wildman–Crippen LogP) is 2.34. The zero-order chi connectivity index (χ0) is 19.3. The number of benzene rings is 1. The van der Waals surface area contributed by atoms with Crippen LogP contribution in [-0.2, 0) is 10.0 Å². The lowest BCUT2D eigenvalue weighted by Crippen LogP contribution is -2.27. The van der Waals surface area contributed by atoms with E-state index in [1.165, 1.54) is 28.6 Å². The lowest BCUT2D eigenvalue weighted by atomic mass is 10.2. The SMILES string of the molecule is CCCNc1ccc(NC(=O)c2ccc(S(=O)(=O)N3CCCC3)cc2)nn1. The van der Waals surface area contributed by atoms with Crippen LogP contribution in [0.2, 0.25) is 0 Å². The molecule has 1 aromatic carbocycles. The number of aromatic nitrogens is 2. The van der Waals surface area contributed by atoms with Gasteiger partial charge in [0.05, 0.1) is 4.90 Å². The van der Waals surface area contributed by atoms with Crippen LogP contribution < -0.4 is 10.6 Å². The predicted molar refractivity (Wildman–Crippen MR) is 103 cm³/mol. The highest BCUT2D eigenvalue weighted by Gasteiger charge is 2.27. The highest BCUT2D eigenvalue weighted by atomic mass is 32.2. The molecule has 0 aliphatic carbocycles. The summed E-state index contributed by atoms with van der Waals surface area (Å²) in [6, 6.07) is 9.34. The minimum absolute atomic E-state index is 0.201. The number of carbonyl (C=O) groups excluding carboxylic acids is 1. The molecule has 1 saturated heterocycles. The Labute approximate surface area is 159 Å². The molecule has 1 amide bonds. The number of hydrogen-bond acceptors (Lipinski definition) is 6. The standard InChI is InChI=1S/C18H23N5O3S/c1-2-11-19-16-9-10-17(22-21-16)20-18(24)14-5-7-15(8-6-14)27(25,26)23-12-3-4-13-23/h5-10H,2-4,11-13H2,1H3,(H,19,21)(H,20,22,24). The van der Waals surface area contributed by atoms with Crippen molar-refractivity contribution in [2.75, 3.05) is 30.3 Å². The zero-order valence-electron chi connectivity index (χ0n) is 15.2. The minimum Gasteiger partial charge on any atom is -0.369 e. The topological polar surface area (TPSA) is 104 Å². The van der Waals surface area contributed by atoms with Crippen LogP contribution in [0.5, 0.6) is 0 Å². The summed E-state index contributed by atoms with van der Waals surface area (Å²) in [4.78, 5) is 12.5. The van der Waals surface area contributed by atoms with Crippen molar-refractivity contribution >= 4 is 27.6 Å². The highest BCUT2D eigenvalue weighted by Crippen LogP contribution is 2.21. The fourth-order valence-electron chi connectivity index (χ4n) is 2.79. The van der Waals surface area contributed by atoms with Crippen molar-refractivity contribution in [2.24, 2.45) is 0 Å². The first-order valence-corrected chi connectivity index (χ1v) is 10.4. The van der Waals surface area contributed by atoms with E-state index in [0.29, 0.717) is 30.3 Å². The second-order valence-electron chi connectivity index (χ2n) is 6.32. The average Bonchev–Trinajstić information content (AvgIpc) is 3.23. The van der Waals surface area contributed by atoms with E-state index in [4.69, 9.17) is 0 Å². The number of anilines is 2. The van der Waals surface area contributed by atoms with Crippen molar-refractivity contribution in [2.45, 2.75) is 31.1 Å². The Hall–Kier alpha value is -2.52. The zero-order valence-corrected chi connectivity index (χ0v) is 16.0. The number of nitrogens with one attached hydrogen (secondary N) is 2. The van der Waals surface area contributed by atoms with Crippen LogP contribution in [0.1, 0.15) is 36.5 Å². The molecule has 2 heterocycles. The Morgan fingerprint density at radius 1 is 1.04 bits per heavy atom. The van der Waals surface area contributed by atoms with Crippen molar-refractivity contribution in [1.82, 2.24) is 14.5 Å². The van der Waals surface area contributed by atoms with E-state index < -0.39 is 10.0 Å². The van der Waals surface area contributed by atoms with Crippen LogP contribution in [0.15, 0.2) is 41.3 Å². The van der Waals surface area contributed by atoms with Gasteiger partial charge in [0.25, 0.3) is 5.91 Å². The summed E-state index contributed by atoms with van der Waals surface area (Å²) in [6.45, 7) is 3.95. The molecular formula is C18H23N5O3S. The van der Waals surface area contributed by atoms with Crippen molar-refractivity contribution < 1.29 is 13.2 Å². The van der Waals surface area contributed by atoms with Gasteiger partial charge in [-0.05, 0) is 55.7 Å². The van der Waals surface area contributed by atoms with Crippen LogP contribution in [0.3, 0.4) is 0 Å². The molecule has 1 aliphatic rings. The highest BCUT2D eigenvalue weighted by molar-refractivity contribution is 7.89. The molecule has 1 aromatic heterocycles. The Bertz CT molecular complexity index is 876. The van der Waals surface area contributed by atoms with Gasteiger partial charge in [0, 0.05) is 25.2 Å². The molecule has 0 atom stereocenters. The first-order valence-electron chi connectivity index (χ1n) is 9.00. The second-order valence-corrected chi connectivity index (χ2v) is 8.26. The third kappa shape index (κ3) is 4.61. The van der Waals surface area contributed by atoms with E-state index >= 15 is 0 Å². The van der Waals surface area contributed by atoms with E-state index in [2.05, 4.69) is 27.8 Å².